The van der Waals surface area contributed by atoms with Crippen LogP contribution in [0.2, 0.25) is 0 Å². The van der Waals surface area contributed by atoms with Crippen molar-refractivity contribution in [2.75, 3.05) is 61.0 Å². The van der Waals surface area contributed by atoms with Crippen molar-refractivity contribution in [3.63, 3.8) is 0 Å². The molecule has 0 saturated carbocycles. The average molecular weight is 813 g/mol. The number of nitro benzene ring substituents is 4. The fourth-order valence-electron chi connectivity index (χ4n) is 4.89. The molecule has 20 nitrogen and oxygen atoms in total. The molecule has 0 spiro atoms. The summed E-state index contributed by atoms with van der Waals surface area (Å²) in [6.07, 6.45) is 8.71. The predicted molar refractivity (Wildman–Crippen MR) is 203 cm³/mol. The van der Waals surface area contributed by atoms with Crippen molar-refractivity contribution in [1.29, 1.82) is 0 Å². The van der Waals surface area contributed by atoms with Gasteiger partial charge in [-0.25, -0.2) is 0 Å². The maximum absolute atomic E-state index is 12.3. The second kappa shape index (κ2) is 20.2. The van der Waals surface area contributed by atoms with Crippen molar-refractivity contribution in [1.82, 2.24) is 0 Å². The van der Waals surface area contributed by atoms with E-state index in [1.807, 2.05) is 27.7 Å². The smallest absolute Gasteiger partial charge is 0.301 e. The van der Waals surface area contributed by atoms with Gasteiger partial charge < -0.3 is 9.80 Å². The number of sulfonamides is 2. The first-order chi connectivity index (χ1) is 24.1. The summed E-state index contributed by atoms with van der Waals surface area (Å²) in [4.78, 5) is 45.0. The van der Waals surface area contributed by atoms with Gasteiger partial charge in [-0.05, 0) is 50.7 Å². The first kappa shape index (κ1) is 45.9. The highest BCUT2D eigenvalue weighted by atomic mass is 32.3. The summed E-state index contributed by atoms with van der Waals surface area (Å²) < 4.78 is 56.4. The number of rotatable bonds is 18. The summed E-state index contributed by atoms with van der Waals surface area (Å²) in [5.41, 5.74) is -2.78. The van der Waals surface area contributed by atoms with Gasteiger partial charge in [-0.3, -0.25) is 40.5 Å². The van der Waals surface area contributed by atoms with Gasteiger partial charge in [0, 0.05) is 50.4 Å². The van der Waals surface area contributed by atoms with Crippen LogP contribution < -0.4 is 9.80 Å². The van der Waals surface area contributed by atoms with Crippen LogP contribution >= 0.6 is 0 Å². The van der Waals surface area contributed by atoms with Crippen molar-refractivity contribution < 1.29 is 36.5 Å². The molecule has 0 amide bonds. The van der Waals surface area contributed by atoms with E-state index in [9.17, 15) is 57.3 Å². The Labute approximate surface area is 307 Å². The molecule has 0 radical (unpaired) electrons. The molecule has 0 heterocycles. The minimum atomic E-state index is -4.23. The van der Waals surface area contributed by atoms with E-state index in [1.54, 1.807) is 34.8 Å². The van der Waals surface area contributed by atoms with Crippen molar-refractivity contribution in [2.24, 2.45) is 7.54 Å². The van der Waals surface area contributed by atoms with Gasteiger partial charge in [0.25, 0.3) is 20.0 Å². The standard InChI is InChI=1S/2C14H22N4O6S2/c2*1-5-7-16(8-6-2)14-12(17(19)20)9-11(10-13(14)18(21)22)26(23,24)15-25(3)4/h2*9-10H,5-8H2,1-4H3. The van der Waals surface area contributed by atoms with Gasteiger partial charge in [0.2, 0.25) is 0 Å². The Balaban J connectivity index is 0.000000520. The van der Waals surface area contributed by atoms with E-state index in [-0.39, 0.29) is 11.4 Å². The number of nitro groups is 4. The Morgan fingerprint density at radius 2 is 0.731 bits per heavy atom. The Morgan fingerprint density at radius 3 is 0.885 bits per heavy atom. The van der Waals surface area contributed by atoms with E-state index >= 15 is 0 Å². The second-order valence-electron chi connectivity index (χ2n) is 11.3. The Hall–Kier alpha value is -4.16. The molecule has 0 N–H and O–H groups in total. The van der Waals surface area contributed by atoms with Gasteiger partial charge in [0.05, 0.1) is 19.7 Å². The Morgan fingerprint density at radius 1 is 0.519 bits per heavy atom. The van der Waals surface area contributed by atoms with Crippen molar-refractivity contribution in [2.45, 2.75) is 63.2 Å². The summed E-state index contributed by atoms with van der Waals surface area (Å²) in [7, 11) is -10.2. The van der Waals surface area contributed by atoms with E-state index < -0.39 is 93.7 Å². The second-order valence-corrected chi connectivity index (χ2v) is 18.4. The molecular weight excluding hydrogens is 769 g/mol. The van der Waals surface area contributed by atoms with Gasteiger partial charge in [0.1, 0.15) is 9.79 Å². The monoisotopic (exact) mass is 812 g/mol. The third kappa shape index (κ3) is 12.5. The molecule has 0 aliphatic carbocycles. The lowest BCUT2D eigenvalue weighted by Crippen LogP contribution is -2.26. The summed E-state index contributed by atoms with van der Waals surface area (Å²) >= 11 is 0. The molecule has 0 aromatic heterocycles. The third-order valence-electron chi connectivity index (χ3n) is 6.57. The van der Waals surface area contributed by atoms with E-state index in [4.69, 9.17) is 0 Å². The molecule has 24 heteroatoms. The van der Waals surface area contributed by atoms with E-state index in [0.29, 0.717) is 51.9 Å². The van der Waals surface area contributed by atoms with Crippen LogP contribution in [0.15, 0.2) is 41.6 Å². The molecule has 0 aliphatic heterocycles. The molecule has 2 aromatic carbocycles. The number of anilines is 2. The third-order valence-corrected chi connectivity index (χ3v) is 12.2. The van der Waals surface area contributed by atoms with E-state index in [2.05, 4.69) is 7.54 Å². The maximum atomic E-state index is 12.3. The van der Waals surface area contributed by atoms with Gasteiger partial charge in [-0.2, -0.15) is 16.8 Å². The summed E-state index contributed by atoms with van der Waals surface area (Å²) in [5, 5.41) is 46.2. The number of hydrogen-bond acceptors (Lipinski definition) is 14. The summed E-state index contributed by atoms with van der Waals surface area (Å²) in [6.45, 7) is 8.89. The van der Waals surface area contributed by atoms with E-state index in [1.165, 1.54) is 0 Å². The van der Waals surface area contributed by atoms with Crippen LogP contribution in [0.1, 0.15) is 53.4 Å². The highest BCUT2D eigenvalue weighted by molar-refractivity contribution is 8.00. The van der Waals surface area contributed by atoms with Crippen molar-refractivity contribution >= 4 is 75.6 Å². The van der Waals surface area contributed by atoms with Gasteiger partial charge in [-0.1, -0.05) is 49.1 Å². The fourth-order valence-corrected chi connectivity index (χ4v) is 9.76. The number of hydrogen-bond donors (Lipinski definition) is 0. The largest absolute Gasteiger partial charge is 0.360 e. The zero-order valence-corrected chi connectivity index (χ0v) is 33.3. The fraction of sp³-hybridized carbons (Fsp3) is 0.571. The van der Waals surface area contributed by atoms with Crippen LogP contribution in [0.5, 0.6) is 0 Å². The SMILES string of the molecule is CCCN(CCC)c1c([N+](=O)[O-])cc(S(=O)(=O)N=S(C)C)cc1[N+](=O)[O-].CCCN(CCC)c1c([N+](=O)[O-])cc(S(=O)(=O)N=S(C)C)cc1[N+](=O)[O-]. The first-order valence-electron chi connectivity index (χ1n) is 15.6. The number of benzene rings is 2. The van der Waals surface area contributed by atoms with Gasteiger partial charge in [0.15, 0.2) is 11.4 Å². The van der Waals surface area contributed by atoms with Crippen molar-refractivity contribution in [3.05, 3.63) is 64.7 Å². The lowest BCUT2D eigenvalue weighted by molar-refractivity contribution is -0.393. The highest BCUT2D eigenvalue weighted by Gasteiger charge is 2.35. The highest BCUT2D eigenvalue weighted by Crippen LogP contribution is 2.42. The van der Waals surface area contributed by atoms with Crippen LogP contribution in [0.4, 0.5) is 34.1 Å². The molecule has 0 atom stereocenters. The quantitative estimate of drug-likeness (QED) is 0.128. The molecule has 2 aromatic rings. The van der Waals surface area contributed by atoms with Crippen LogP contribution in [-0.4, -0.2) is 87.7 Å². The predicted octanol–water partition coefficient (Wildman–Crippen LogP) is 5.76. The van der Waals surface area contributed by atoms with Crippen molar-refractivity contribution in [3.8, 4) is 0 Å². The van der Waals surface area contributed by atoms with Crippen LogP contribution in [0, 0.1) is 40.5 Å². The molecule has 0 fully saturated rings. The van der Waals surface area contributed by atoms with Gasteiger partial charge >= 0.3 is 22.7 Å². The lowest BCUT2D eigenvalue weighted by atomic mass is 10.2. The topological polar surface area (TPSA) is 272 Å². The Kier molecular flexibility index (Phi) is 17.8. The molecule has 292 valence electrons. The maximum Gasteiger partial charge on any atom is 0.301 e. The average Bonchev–Trinajstić information content (AvgIpc) is 3.02. The molecule has 2 rings (SSSR count). The number of nitrogens with zero attached hydrogens (tertiary/aromatic N) is 8. The minimum absolute atomic E-state index is 0.172. The molecule has 0 unspecified atom stereocenters. The van der Waals surface area contributed by atoms with Crippen LogP contribution in [-0.2, 0) is 41.4 Å². The molecule has 0 aliphatic rings. The molecule has 0 saturated heterocycles. The summed E-state index contributed by atoms with van der Waals surface area (Å²) in [5.74, 6) is 0. The Bertz CT molecular complexity index is 1730. The van der Waals surface area contributed by atoms with Crippen LogP contribution in [0.25, 0.3) is 0 Å². The molecular formula is C28H44N8O12S4. The summed E-state index contributed by atoms with van der Waals surface area (Å²) in [6, 6.07) is 3.41. The van der Waals surface area contributed by atoms with Gasteiger partial charge in [-0.15, -0.1) is 7.54 Å². The zero-order valence-electron chi connectivity index (χ0n) is 30.1. The normalized spacial score (nSPS) is 11.4. The molecule has 52 heavy (non-hydrogen) atoms. The van der Waals surface area contributed by atoms with Crippen LogP contribution in [0.3, 0.4) is 0 Å². The molecule has 0 bridgehead atoms. The minimum Gasteiger partial charge on any atom is -0.360 e. The first-order valence-corrected chi connectivity index (χ1v) is 22.5. The lowest BCUT2D eigenvalue weighted by Gasteiger charge is -2.23. The zero-order chi connectivity index (χ0) is 40.1. The van der Waals surface area contributed by atoms with E-state index in [0.717, 1.165) is 24.3 Å².